The summed E-state index contributed by atoms with van der Waals surface area (Å²) >= 11 is 4.57. The van der Waals surface area contributed by atoms with Gasteiger partial charge in [0, 0.05) is 6.54 Å². The smallest absolute Gasteiger partial charge is 0.163 e. The average molecular weight is 178 g/mol. The van der Waals surface area contributed by atoms with E-state index in [0.717, 1.165) is 6.42 Å². The lowest BCUT2D eigenvalue weighted by atomic mass is 10.3. The molecular weight excluding hydrogens is 164 g/mol. The summed E-state index contributed by atoms with van der Waals surface area (Å²) in [6.45, 7) is 0.661. The van der Waals surface area contributed by atoms with E-state index in [4.69, 9.17) is 16.7 Å². The van der Waals surface area contributed by atoms with Crippen LogP contribution in [0.4, 0.5) is 0 Å². The number of nitrogens with one attached hydrogen (secondary N) is 2. The zero-order valence-electron chi connectivity index (χ0n) is 6.21. The molecule has 7 N–H and O–H groups in total. The van der Waals surface area contributed by atoms with E-state index in [0.29, 0.717) is 13.0 Å². The third-order valence-electron chi connectivity index (χ3n) is 1.15. The molecule has 0 aliphatic rings. The second-order valence-electron chi connectivity index (χ2n) is 2.12. The molecular formula is C5H14N4OS. The van der Waals surface area contributed by atoms with Gasteiger partial charge < -0.3 is 16.2 Å². The quantitative estimate of drug-likeness (QED) is 0.114. The van der Waals surface area contributed by atoms with E-state index < -0.39 is 6.23 Å². The van der Waals surface area contributed by atoms with Gasteiger partial charge in [-0.25, -0.2) is 5.43 Å². The molecule has 0 aromatic rings. The van der Waals surface area contributed by atoms with Gasteiger partial charge >= 0.3 is 0 Å². The molecule has 1 atom stereocenters. The van der Waals surface area contributed by atoms with E-state index in [9.17, 15) is 0 Å². The number of hydrogen-bond donors (Lipinski definition) is 5. The zero-order valence-corrected chi connectivity index (χ0v) is 7.03. The molecule has 11 heavy (non-hydrogen) atoms. The molecule has 0 radical (unpaired) electrons. The Hall–Kier alpha value is -0.430. The van der Waals surface area contributed by atoms with Gasteiger partial charge in [-0.15, -0.1) is 0 Å². The van der Waals surface area contributed by atoms with Crippen molar-refractivity contribution in [3.63, 3.8) is 0 Å². The van der Waals surface area contributed by atoms with Crippen molar-refractivity contribution in [2.45, 2.75) is 19.1 Å². The summed E-state index contributed by atoms with van der Waals surface area (Å²) in [6.07, 6.45) is 0.692. The molecule has 0 fully saturated rings. The summed E-state index contributed by atoms with van der Waals surface area (Å²) in [5, 5.41) is 11.9. The van der Waals surface area contributed by atoms with Gasteiger partial charge in [0.2, 0.25) is 0 Å². The summed E-state index contributed by atoms with van der Waals surface area (Å²) < 4.78 is 0. The minimum atomic E-state index is -0.650. The van der Waals surface area contributed by atoms with Crippen LogP contribution in [0.3, 0.4) is 0 Å². The maximum Gasteiger partial charge on any atom is 0.163 e. The highest BCUT2D eigenvalue weighted by atomic mass is 32.1. The first-order valence-corrected chi connectivity index (χ1v) is 3.75. The van der Waals surface area contributed by atoms with Crippen molar-refractivity contribution in [2.24, 2.45) is 11.6 Å². The number of hydrogen-bond acceptors (Lipinski definition) is 4. The van der Waals surface area contributed by atoms with Crippen LogP contribution in [0.25, 0.3) is 0 Å². The molecule has 0 saturated carbocycles. The Balaban J connectivity index is 3.08. The highest BCUT2D eigenvalue weighted by Gasteiger charge is 1.98. The molecule has 0 heterocycles. The minimum Gasteiger partial charge on any atom is -0.377 e. The number of thiocarbonyl (C=S) groups is 1. The Morgan fingerprint density at radius 2 is 2.27 bits per heavy atom. The van der Waals surface area contributed by atoms with Crippen LogP contribution in [0.1, 0.15) is 12.8 Å². The summed E-state index contributed by atoms with van der Waals surface area (Å²) in [6, 6.07) is 0. The lowest BCUT2D eigenvalue weighted by Gasteiger charge is -2.08. The maximum atomic E-state index is 8.90. The number of hydrazine groups is 1. The van der Waals surface area contributed by atoms with E-state index in [1.165, 1.54) is 0 Å². The standard InChI is InChI=1S/C5H14N4OS/c6-5(11)8-3-1-2-4(10)9-7/h4,9-10H,1-3,7H2,(H3,6,8,11). The Morgan fingerprint density at radius 3 is 2.73 bits per heavy atom. The second-order valence-corrected chi connectivity index (χ2v) is 2.56. The van der Waals surface area contributed by atoms with Crippen molar-refractivity contribution in [1.82, 2.24) is 10.7 Å². The normalized spacial score (nSPS) is 12.5. The van der Waals surface area contributed by atoms with Crippen molar-refractivity contribution < 1.29 is 5.11 Å². The van der Waals surface area contributed by atoms with Crippen LogP contribution < -0.4 is 22.3 Å². The molecule has 5 nitrogen and oxygen atoms in total. The second kappa shape index (κ2) is 6.29. The topological polar surface area (TPSA) is 96.3 Å². The van der Waals surface area contributed by atoms with Gasteiger partial charge in [-0.1, -0.05) is 0 Å². The minimum absolute atomic E-state index is 0.278. The van der Waals surface area contributed by atoms with Crippen molar-refractivity contribution >= 4 is 17.3 Å². The van der Waals surface area contributed by atoms with Crippen LogP contribution in [-0.4, -0.2) is 23.0 Å². The van der Waals surface area contributed by atoms with E-state index in [-0.39, 0.29) is 5.11 Å². The molecule has 66 valence electrons. The van der Waals surface area contributed by atoms with E-state index in [2.05, 4.69) is 23.0 Å². The average Bonchev–Trinajstić information content (AvgIpc) is 1.97. The molecule has 0 bridgehead atoms. The molecule has 0 aromatic carbocycles. The van der Waals surface area contributed by atoms with E-state index in [1.807, 2.05) is 0 Å². The lowest BCUT2D eigenvalue weighted by Crippen LogP contribution is -2.36. The fourth-order valence-corrected chi connectivity index (χ4v) is 0.692. The third-order valence-corrected chi connectivity index (χ3v) is 1.29. The van der Waals surface area contributed by atoms with Gasteiger partial charge in [-0.3, -0.25) is 5.84 Å². The molecule has 0 saturated heterocycles. The highest BCUT2D eigenvalue weighted by Crippen LogP contribution is 1.89. The molecule has 0 aromatic heterocycles. The van der Waals surface area contributed by atoms with E-state index in [1.54, 1.807) is 0 Å². The van der Waals surface area contributed by atoms with Crippen LogP contribution in [0.5, 0.6) is 0 Å². The molecule has 0 spiro atoms. The molecule has 1 unspecified atom stereocenters. The third kappa shape index (κ3) is 7.47. The number of aliphatic hydroxyl groups excluding tert-OH is 1. The van der Waals surface area contributed by atoms with Crippen molar-refractivity contribution in [2.75, 3.05) is 6.54 Å². The van der Waals surface area contributed by atoms with Crippen LogP contribution in [0, 0.1) is 0 Å². The molecule has 0 aliphatic carbocycles. The monoisotopic (exact) mass is 178 g/mol. The zero-order chi connectivity index (χ0) is 8.69. The molecule has 6 heteroatoms. The van der Waals surface area contributed by atoms with Crippen LogP contribution in [0.15, 0.2) is 0 Å². The van der Waals surface area contributed by atoms with Crippen molar-refractivity contribution in [3.8, 4) is 0 Å². The SMILES string of the molecule is NNC(O)CCCNC(N)=S. The van der Waals surface area contributed by atoms with Crippen molar-refractivity contribution in [3.05, 3.63) is 0 Å². The molecule has 0 rings (SSSR count). The predicted octanol–water partition coefficient (Wildman–Crippen LogP) is -1.62. The summed E-state index contributed by atoms with van der Waals surface area (Å²) in [7, 11) is 0. The number of rotatable bonds is 5. The molecule has 0 amide bonds. The lowest BCUT2D eigenvalue weighted by molar-refractivity contribution is 0.126. The summed E-state index contributed by atoms with van der Waals surface area (Å²) in [5.41, 5.74) is 7.38. The van der Waals surface area contributed by atoms with Crippen LogP contribution in [-0.2, 0) is 0 Å². The Bertz CT molecular complexity index is 121. The van der Waals surface area contributed by atoms with Gasteiger partial charge in [0.05, 0.1) is 0 Å². The summed E-state index contributed by atoms with van der Waals surface area (Å²) in [5.74, 6) is 4.94. The van der Waals surface area contributed by atoms with Gasteiger partial charge in [0.25, 0.3) is 0 Å². The first-order valence-electron chi connectivity index (χ1n) is 3.34. The fraction of sp³-hybridized carbons (Fsp3) is 0.800. The number of nitrogens with two attached hydrogens (primary N) is 2. The first-order chi connectivity index (χ1) is 5.16. The van der Waals surface area contributed by atoms with Gasteiger partial charge in [0.1, 0.15) is 6.23 Å². The first kappa shape index (κ1) is 10.6. The Labute approximate surface area is 71.1 Å². The van der Waals surface area contributed by atoms with Crippen LogP contribution in [0.2, 0.25) is 0 Å². The van der Waals surface area contributed by atoms with Gasteiger partial charge in [0.15, 0.2) is 5.11 Å². The fourth-order valence-electron chi connectivity index (χ4n) is 0.590. The van der Waals surface area contributed by atoms with Gasteiger partial charge in [-0.05, 0) is 25.1 Å². The highest BCUT2D eigenvalue weighted by molar-refractivity contribution is 7.80. The largest absolute Gasteiger partial charge is 0.377 e. The van der Waals surface area contributed by atoms with Crippen LogP contribution >= 0.6 is 12.2 Å². The Kier molecular flexibility index (Phi) is 6.05. The van der Waals surface area contributed by atoms with Crippen molar-refractivity contribution in [1.29, 1.82) is 0 Å². The van der Waals surface area contributed by atoms with Gasteiger partial charge in [-0.2, -0.15) is 0 Å². The summed E-state index contributed by atoms with van der Waals surface area (Å²) in [4.78, 5) is 0. The molecule has 0 aliphatic heterocycles. The maximum absolute atomic E-state index is 8.90. The predicted molar refractivity (Wildman–Crippen MR) is 47.4 cm³/mol. The Morgan fingerprint density at radius 1 is 1.64 bits per heavy atom. The van der Waals surface area contributed by atoms with E-state index >= 15 is 0 Å². The number of aliphatic hydroxyl groups is 1.